The van der Waals surface area contributed by atoms with Gasteiger partial charge in [0.2, 0.25) is 0 Å². The van der Waals surface area contributed by atoms with Gasteiger partial charge < -0.3 is 0 Å². The molecule has 0 N–H and O–H groups in total. The summed E-state index contributed by atoms with van der Waals surface area (Å²) in [4.78, 5) is 2.62. The molecule has 352 valence electrons. The van der Waals surface area contributed by atoms with Crippen molar-refractivity contribution in [1.82, 2.24) is 0 Å². The Hall–Kier alpha value is -5.78. The molecular weight excluding hydrogens is 979 g/mol. The van der Waals surface area contributed by atoms with Gasteiger partial charge in [0.1, 0.15) is 0 Å². The molecule has 0 fully saturated rings. The summed E-state index contributed by atoms with van der Waals surface area (Å²) >= 11 is 3.86. The first-order valence-electron chi connectivity index (χ1n) is 20.7. The van der Waals surface area contributed by atoms with Gasteiger partial charge in [-0.05, 0) is 98.5 Å². The molecule has 0 bridgehead atoms. The second-order valence-electron chi connectivity index (χ2n) is 16.5. The van der Waals surface area contributed by atoms with Crippen LogP contribution in [0.25, 0.3) is 53.9 Å². The standard InChI is InChI=1S/C52H38S2.2F6P/c1-31-25-43(39-21-13-5-9-17-35(31)39)51(44-26-32(2)36-18-10-6-14-22-40(36)44)49-29-47-48(53-49)30-50(54-47)52(45-27-33(3)37-19-11-7-15-23-41(37)45)46-28-34(4)38-20-12-8-16-24-42(38)46;2*1-7(2,3,4,5)6/h5-30H,1-4H3;;/q+2;2*-1. The number of thiophene rings is 2. The summed E-state index contributed by atoms with van der Waals surface area (Å²) in [5, 5.41) is 0. The third-order valence-electron chi connectivity index (χ3n) is 11.2. The molecule has 0 aliphatic heterocycles. The van der Waals surface area contributed by atoms with E-state index >= 15 is 0 Å². The van der Waals surface area contributed by atoms with Crippen LogP contribution in [0.5, 0.6) is 0 Å². The van der Waals surface area contributed by atoms with E-state index in [0.29, 0.717) is 0 Å². The zero-order valence-corrected chi connectivity index (χ0v) is 39.7. The molecule has 16 heteroatoms. The first-order chi connectivity index (χ1) is 31.3. The third-order valence-corrected chi connectivity index (χ3v) is 13.6. The van der Waals surface area contributed by atoms with Crippen molar-refractivity contribution < 1.29 is 50.4 Å². The molecule has 2 aromatic rings. The Morgan fingerprint density at radius 2 is 0.485 bits per heavy atom. The Morgan fingerprint density at radius 3 is 0.691 bits per heavy atom. The Kier molecular flexibility index (Phi) is 11.4. The van der Waals surface area contributed by atoms with E-state index in [2.05, 4.69) is 185 Å². The van der Waals surface area contributed by atoms with Crippen LogP contribution in [0.15, 0.2) is 158 Å². The van der Waals surface area contributed by atoms with Gasteiger partial charge in [-0.25, -0.2) is 0 Å². The van der Waals surface area contributed by atoms with E-state index in [1.807, 2.05) is 22.7 Å². The summed E-state index contributed by atoms with van der Waals surface area (Å²) in [5.74, 6) is 2.64. The van der Waals surface area contributed by atoms with Crippen LogP contribution in [0.4, 0.5) is 50.4 Å². The van der Waals surface area contributed by atoms with E-state index in [4.69, 9.17) is 0 Å². The number of hydrogen-bond donors (Lipinski definition) is 0. The van der Waals surface area contributed by atoms with Crippen molar-refractivity contribution >= 4 is 47.7 Å². The van der Waals surface area contributed by atoms with Crippen molar-refractivity contribution in [2.45, 2.75) is 27.7 Å². The fourth-order valence-electron chi connectivity index (χ4n) is 8.72. The van der Waals surface area contributed by atoms with Crippen molar-refractivity contribution in [3.8, 4) is 44.5 Å². The Bertz CT molecular complexity index is 2920. The monoisotopic (exact) mass is 1020 g/mol. The molecule has 2 heterocycles. The maximum absolute atomic E-state index is 10.7. The molecule has 0 radical (unpaired) electrons. The Labute approximate surface area is 392 Å². The van der Waals surface area contributed by atoms with Crippen molar-refractivity contribution in [3.63, 3.8) is 0 Å². The van der Waals surface area contributed by atoms with Crippen molar-refractivity contribution in [3.05, 3.63) is 224 Å². The minimum absolute atomic E-state index is 1.30. The number of rotatable bonds is 6. The fourth-order valence-corrected chi connectivity index (χ4v) is 11.3. The Morgan fingerprint density at radius 1 is 0.294 bits per heavy atom. The topological polar surface area (TPSA) is 0 Å². The van der Waals surface area contributed by atoms with Gasteiger partial charge in [-0.2, -0.15) is 0 Å². The molecule has 0 spiro atoms. The normalized spacial score (nSPS) is 14.1. The molecule has 10 rings (SSSR count). The van der Waals surface area contributed by atoms with Crippen LogP contribution < -0.4 is 0 Å². The molecular formula is C52H38F12P2S2. The maximum atomic E-state index is 9.87. The zero-order valence-electron chi connectivity index (χ0n) is 36.3. The van der Waals surface area contributed by atoms with Gasteiger partial charge in [-0.15, -0.1) is 22.7 Å². The molecule has 0 saturated carbocycles. The average molecular weight is 1020 g/mol. The predicted molar refractivity (Wildman–Crippen MR) is 259 cm³/mol. The van der Waals surface area contributed by atoms with E-state index < -0.39 is 15.6 Å². The molecule has 0 unspecified atom stereocenters. The summed E-state index contributed by atoms with van der Waals surface area (Å²) in [6, 6.07) is 58.7. The van der Waals surface area contributed by atoms with E-state index in [-0.39, 0.29) is 0 Å². The van der Waals surface area contributed by atoms with E-state index in [0.717, 1.165) is 0 Å². The number of fused-ring (bicyclic) bond motifs is 5. The van der Waals surface area contributed by atoms with Gasteiger partial charge in [-0.3, -0.25) is 0 Å². The van der Waals surface area contributed by atoms with Crippen molar-refractivity contribution in [2.24, 2.45) is 0 Å². The number of aryl methyl sites for hydroxylation is 4. The van der Waals surface area contributed by atoms with Gasteiger partial charge in [0.05, 0.1) is 53.2 Å². The summed E-state index contributed by atoms with van der Waals surface area (Å²) in [7, 11) is -21.3. The van der Waals surface area contributed by atoms with Gasteiger partial charge in [0.25, 0.3) is 0 Å². The molecule has 0 atom stereocenters. The van der Waals surface area contributed by atoms with E-state index in [1.54, 1.807) is 0 Å². The minimum atomic E-state index is -10.7. The van der Waals surface area contributed by atoms with Gasteiger partial charge in [0, 0.05) is 80.9 Å². The van der Waals surface area contributed by atoms with Crippen molar-refractivity contribution in [1.29, 1.82) is 0 Å². The third kappa shape index (κ3) is 11.7. The predicted octanol–water partition coefficient (Wildman–Crippen LogP) is 21.4. The van der Waals surface area contributed by atoms with Gasteiger partial charge in [-0.1, -0.05) is 72.8 Å². The summed E-state index contributed by atoms with van der Waals surface area (Å²) in [6.07, 6.45) is 0. The van der Waals surface area contributed by atoms with Crippen LogP contribution in [0.2, 0.25) is 0 Å². The average Bonchev–Trinajstić information content (AvgIpc) is 3.83. The first-order valence-corrected chi connectivity index (χ1v) is 26.4. The molecule has 0 aromatic carbocycles. The SMILES string of the molecule is Cc1cc([C+](c2cc3sc([C+](c4cc(C)c5cccccc4-5)c4cc(C)c5cccccc4-5)cc3s2)c2cc(C)c3cccccc2-3)c2cccccc1-2.F[P-](F)(F)(F)(F)F.F[P-](F)(F)(F)(F)F. The van der Waals surface area contributed by atoms with E-state index in [1.165, 1.54) is 120 Å². The molecule has 0 amide bonds. The molecule has 2 aromatic heterocycles. The molecule has 8 aliphatic carbocycles. The molecule has 0 nitrogen and oxygen atoms in total. The van der Waals surface area contributed by atoms with Crippen LogP contribution in [-0.2, 0) is 0 Å². The first kappa shape index (κ1) is 48.7. The molecule has 68 heavy (non-hydrogen) atoms. The molecule has 8 aliphatic rings. The Balaban J connectivity index is 0.000000391. The van der Waals surface area contributed by atoms with Crippen LogP contribution in [0.3, 0.4) is 0 Å². The fraction of sp³-hybridized carbons (Fsp3) is 0.0769. The summed E-state index contributed by atoms with van der Waals surface area (Å²) < 4.78 is 121. The van der Waals surface area contributed by atoms with Crippen molar-refractivity contribution in [2.75, 3.05) is 0 Å². The summed E-state index contributed by atoms with van der Waals surface area (Å²) in [6.45, 7) is 8.99. The van der Waals surface area contributed by atoms with Gasteiger partial charge in [0.15, 0.2) is 0 Å². The number of halogens is 12. The van der Waals surface area contributed by atoms with Gasteiger partial charge >= 0.3 is 66.0 Å². The second-order valence-corrected chi connectivity index (χ2v) is 22.5. The summed E-state index contributed by atoms with van der Waals surface area (Å²) in [5.41, 5.74) is 20.9. The van der Waals surface area contributed by atoms with Crippen LogP contribution in [-0.4, -0.2) is 0 Å². The number of hydrogen-bond acceptors (Lipinski definition) is 2. The van der Waals surface area contributed by atoms with Crippen LogP contribution >= 0.6 is 38.3 Å². The van der Waals surface area contributed by atoms with Crippen LogP contribution in [0.1, 0.15) is 54.3 Å². The second kappa shape index (κ2) is 15.9. The van der Waals surface area contributed by atoms with E-state index in [9.17, 15) is 50.4 Å². The quantitative estimate of drug-likeness (QED) is 0.0885. The van der Waals surface area contributed by atoms with Crippen LogP contribution in [0, 0.1) is 39.5 Å². The molecule has 0 saturated heterocycles. The zero-order chi connectivity index (χ0) is 49.3.